The molecule has 8 heteroatoms. The van der Waals surface area contributed by atoms with Crippen LogP contribution in [0.5, 0.6) is 0 Å². The van der Waals surface area contributed by atoms with Crippen LogP contribution < -0.4 is 5.32 Å². The highest BCUT2D eigenvalue weighted by Gasteiger charge is 2.13. The molecular formula is C12H10FN3O3S. The van der Waals surface area contributed by atoms with Crippen LogP contribution in [-0.4, -0.2) is 19.7 Å². The zero-order chi connectivity index (χ0) is 14.8. The number of nitrogens with zero attached hydrogens (tertiary/aromatic N) is 2. The van der Waals surface area contributed by atoms with Gasteiger partial charge in [-0.05, 0) is 29.4 Å². The first kappa shape index (κ1) is 14.1. The number of hydrogen-bond acceptors (Lipinski definition) is 6. The van der Waals surface area contributed by atoms with E-state index in [2.05, 4.69) is 15.5 Å². The Morgan fingerprint density at radius 3 is 2.60 bits per heavy atom. The molecule has 0 bridgehead atoms. The largest absolute Gasteiger partial charge is 0.340 e. The average molecular weight is 295 g/mol. The van der Waals surface area contributed by atoms with Crippen molar-refractivity contribution in [2.24, 2.45) is 5.18 Å². The zero-order valence-corrected chi connectivity index (χ0v) is 11.2. The summed E-state index contributed by atoms with van der Waals surface area (Å²) in [6.45, 7) is 0. The van der Waals surface area contributed by atoms with Gasteiger partial charge in [0.2, 0.25) is 0 Å². The maximum atomic E-state index is 13.7. The number of nitrogens with one attached hydrogen (secondary N) is 1. The Labute approximate surface area is 114 Å². The molecule has 20 heavy (non-hydrogen) atoms. The summed E-state index contributed by atoms with van der Waals surface area (Å²) in [7, 11) is -3.61. The van der Waals surface area contributed by atoms with E-state index in [1.54, 1.807) is 0 Å². The molecular weight excluding hydrogens is 285 g/mol. The monoisotopic (exact) mass is 295 g/mol. The topological polar surface area (TPSA) is 88.5 Å². The molecule has 104 valence electrons. The van der Waals surface area contributed by atoms with Crippen molar-refractivity contribution < 1.29 is 12.8 Å². The first-order valence-corrected chi connectivity index (χ1v) is 7.35. The van der Waals surface area contributed by atoms with Crippen molar-refractivity contribution in [3.63, 3.8) is 0 Å². The summed E-state index contributed by atoms with van der Waals surface area (Å²) in [6.07, 6.45) is 2.31. The fraction of sp³-hybridized carbons (Fsp3) is 0.0833. The first-order chi connectivity index (χ1) is 9.40. The van der Waals surface area contributed by atoms with Crippen LogP contribution in [0.3, 0.4) is 0 Å². The first-order valence-electron chi connectivity index (χ1n) is 5.46. The third-order valence-corrected chi connectivity index (χ3v) is 3.58. The number of aromatic nitrogens is 1. The van der Waals surface area contributed by atoms with Gasteiger partial charge in [-0.1, -0.05) is 0 Å². The minimum Gasteiger partial charge on any atom is -0.340 e. The fourth-order valence-corrected chi connectivity index (χ4v) is 2.30. The molecule has 1 aromatic carbocycles. The van der Waals surface area contributed by atoms with Gasteiger partial charge < -0.3 is 5.32 Å². The number of rotatable bonds is 4. The molecule has 0 aliphatic carbocycles. The normalized spacial score (nSPS) is 11.1. The van der Waals surface area contributed by atoms with Crippen LogP contribution in [0.1, 0.15) is 0 Å². The van der Waals surface area contributed by atoms with Gasteiger partial charge in [0.25, 0.3) is 0 Å². The van der Waals surface area contributed by atoms with Crippen molar-refractivity contribution in [2.45, 2.75) is 4.90 Å². The average Bonchev–Trinajstić information content (AvgIpc) is 2.37. The Bertz CT molecular complexity index is 762. The molecule has 2 aromatic rings. The van der Waals surface area contributed by atoms with Crippen molar-refractivity contribution >= 4 is 27.0 Å². The molecule has 2 rings (SSSR count). The molecule has 1 N–H and O–H groups in total. The number of pyridine rings is 1. The minimum absolute atomic E-state index is 0.177. The van der Waals surface area contributed by atoms with Gasteiger partial charge in [0.05, 0.1) is 0 Å². The van der Waals surface area contributed by atoms with Crippen LogP contribution in [-0.2, 0) is 9.84 Å². The lowest BCUT2D eigenvalue weighted by atomic mass is 10.3. The third-order valence-electron chi connectivity index (χ3n) is 2.45. The molecule has 6 nitrogen and oxygen atoms in total. The second-order valence-corrected chi connectivity index (χ2v) is 6.02. The molecule has 0 fully saturated rings. The van der Waals surface area contributed by atoms with E-state index in [1.165, 1.54) is 24.4 Å². The number of sulfone groups is 1. The number of nitroso groups, excluding NO2 is 1. The van der Waals surface area contributed by atoms with E-state index in [-0.39, 0.29) is 10.6 Å². The highest BCUT2D eigenvalue weighted by Crippen LogP contribution is 2.23. The Balaban J connectivity index is 2.31. The van der Waals surface area contributed by atoms with Crippen LogP contribution >= 0.6 is 0 Å². The van der Waals surface area contributed by atoms with E-state index < -0.39 is 15.7 Å². The standard InChI is InChI=1S/C12H10FN3O3S/c1-20(18,19)11-3-2-8(6-10(11)13)15-12-7-9(16-17)4-5-14-12/h2-7H,1H3,(H,14,15). The summed E-state index contributed by atoms with van der Waals surface area (Å²) >= 11 is 0. The van der Waals surface area contributed by atoms with Gasteiger partial charge in [0, 0.05) is 24.2 Å². The third kappa shape index (κ3) is 3.15. The lowest BCUT2D eigenvalue weighted by Gasteiger charge is -2.07. The van der Waals surface area contributed by atoms with Crippen LogP contribution in [0.4, 0.5) is 21.6 Å². The number of benzene rings is 1. The summed E-state index contributed by atoms with van der Waals surface area (Å²) < 4.78 is 36.3. The van der Waals surface area contributed by atoms with Crippen LogP contribution in [0.25, 0.3) is 0 Å². The Morgan fingerprint density at radius 2 is 2.00 bits per heavy atom. The van der Waals surface area contributed by atoms with Crippen molar-refractivity contribution in [2.75, 3.05) is 11.6 Å². The summed E-state index contributed by atoms with van der Waals surface area (Å²) in [4.78, 5) is 13.9. The van der Waals surface area contributed by atoms with E-state index in [1.807, 2.05) is 0 Å². The van der Waals surface area contributed by atoms with Gasteiger partial charge in [0.15, 0.2) is 9.84 Å². The van der Waals surface area contributed by atoms with Gasteiger partial charge in [-0.15, -0.1) is 4.91 Å². The van der Waals surface area contributed by atoms with E-state index >= 15 is 0 Å². The molecule has 0 radical (unpaired) electrons. The second kappa shape index (κ2) is 5.33. The smallest absolute Gasteiger partial charge is 0.178 e. The molecule has 0 amide bonds. The molecule has 0 atom stereocenters. The van der Waals surface area contributed by atoms with E-state index in [0.717, 1.165) is 18.4 Å². The lowest BCUT2D eigenvalue weighted by molar-refractivity contribution is 0.571. The van der Waals surface area contributed by atoms with Crippen LogP contribution in [0.15, 0.2) is 46.6 Å². The SMILES string of the molecule is CS(=O)(=O)c1ccc(Nc2cc(N=O)ccn2)cc1F. The van der Waals surface area contributed by atoms with Crippen molar-refractivity contribution in [3.05, 3.63) is 47.3 Å². The Hall–Kier alpha value is -2.35. The van der Waals surface area contributed by atoms with E-state index in [0.29, 0.717) is 11.5 Å². The molecule has 0 saturated carbocycles. The van der Waals surface area contributed by atoms with Gasteiger partial charge in [0.1, 0.15) is 22.2 Å². The Morgan fingerprint density at radius 1 is 1.25 bits per heavy atom. The highest BCUT2D eigenvalue weighted by atomic mass is 32.2. The molecule has 0 unspecified atom stereocenters. The minimum atomic E-state index is -3.61. The molecule has 0 aliphatic rings. The van der Waals surface area contributed by atoms with E-state index in [4.69, 9.17) is 0 Å². The maximum Gasteiger partial charge on any atom is 0.178 e. The van der Waals surface area contributed by atoms with Crippen molar-refractivity contribution in [3.8, 4) is 0 Å². The van der Waals surface area contributed by atoms with Gasteiger partial charge in [-0.2, -0.15) is 0 Å². The van der Waals surface area contributed by atoms with Crippen molar-refractivity contribution in [1.29, 1.82) is 0 Å². The Kier molecular flexibility index (Phi) is 3.75. The molecule has 1 aromatic heterocycles. The van der Waals surface area contributed by atoms with Gasteiger partial charge >= 0.3 is 0 Å². The maximum absolute atomic E-state index is 13.7. The fourth-order valence-electron chi connectivity index (χ4n) is 1.57. The molecule has 0 spiro atoms. The van der Waals surface area contributed by atoms with Gasteiger partial charge in [-0.3, -0.25) is 0 Å². The van der Waals surface area contributed by atoms with Crippen molar-refractivity contribution in [1.82, 2.24) is 4.98 Å². The number of anilines is 2. The summed E-state index contributed by atoms with van der Waals surface area (Å²) in [5.74, 6) is -0.559. The zero-order valence-electron chi connectivity index (χ0n) is 10.4. The molecule has 0 saturated heterocycles. The number of halogens is 1. The highest BCUT2D eigenvalue weighted by molar-refractivity contribution is 7.90. The summed E-state index contributed by atoms with van der Waals surface area (Å²) in [5.41, 5.74) is 0.487. The predicted octanol–water partition coefficient (Wildman–Crippen LogP) is 2.77. The van der Waals surface area contributed by atoms with Gasteiger partial charge in [-0.25, -0.2) is 17.8 Å². The summed E-state index contributed by atoms with van der Waals surface area (Å²) in [5, 5.41) is 5.51. The van der Waals surface area contributed by atoms with E-state index in [9.17, 15) is 17.7 Å². The van der Waals surface area contributed by atoms with Crippen LogP contribution in [0, 0.1) is 10.7 Å². The molecule has 1 heterocycles. The summed E-state index contributed by atoms with van der Waals surface area (Å²) in [6, 6.07) is 6.41. The van der Waals surface area contributed by atoms with Crippen LogP contribution in [0.2, 0.25) is 0 Å². The lowest BCUT2D eigenvalue weighted by Crippen LogP contribution is -2.02. The predicted molar refractivity (Wildman–Crippen MR) is 72.5 cm³/mol. The second-order valence-electron chi connectivity index (χ2n) is 4.03. The molecule has 0 aliphatic heterocycles. The quantitative estimate of drug-likeness (QED) is 0.876. The number of hydrogen-bond donors (Lipinski definition) is 1.